The van der Waals surface area contributed by atoms with Crippen molar-refractivity contribution in [2.75, 3.05) is 25.0 Å². The maximum atomic E-state index is 12.5. The van der Waals surface area contributed by atoms with Crippen molar-refractivity contribution in [1.82, 2.24) is 10.2 Å². The Morgan fingerprint density at radius 3 is 2.54 bits per heavy atom. The van der Waals surface area contributed by atoms with Crippen molar-refractivity contribution >= 4 is 41.5 Å². The zero-order chi connectivity index (χ0) is 16.2. The molecule has 2 fully saturated rings. The molecule has 5 nitrogen and oxygen atoms in total. The zero-order valence-corrected chi connectivity index (χ0v) is 15.1. The number of piperidine rings is 1. The molecule has 0 aliphatic carbocycles. The molecule has 3 rings (SSSR count). The SMILES string of the molecule is Cl.O=C(Nc1ccc(C(=O)N2CCCCC2)c(Cl)c1)C1CCCN1. The van der Waals surface area contributed by atoms with Gasteiger partial charge in [-0.25, -0.2) is 0 Å². The highest BCUT2D eigenvalue weighted by Crippen LogP contribution is 2.24. The third-order valence-corrected chi connectivity index (χ3v) is 4.80. The molecule has 1 aromatic carbocycles. The van der Waals surface area contributed by atoms with E-state index in [0.717, 1.165) is 45.3 Å². The van der Waals surface area contributed by atoms with Crippen molar-refractivity contribution in [2.45, 2.75) is 38.1 Å². The molecule has 2 saturated heterocycles. The average molecular weight is 372 g/mol. The number of nitrogens with one attached hydrogen (secondary N) is 2. The van der Waals surface area contributed by atoms with Crippen LogP contribution in [0.15, 0.2) is 18.2 Å². The number of hydrogen-bond acceptors (Lipinski definition) is 3. The minimum Gasteiger partial charge on any atom is -0.339 e. The molecule has 0 aromatic heterocycles. The van der Waals surface area contributed by atoms with Crippen molar-refractivity contribution in [2.24, 2.45) is 0 Å². The van der Waals surface area contributed by atoms with Gasteiger partial charge in [-0.2, -0.15) is 0 Å². The monoisotopic (exact) mass is 371 g/mol. The molecule has 7 heteroatoms. The van der Waals surface area contributed by atoms with E-state index in [4.69, 9.17) is 11.6 Å². The van der Waals surface area contributed by atoms with Crippen LogP contribution in [0.3, 0.4) is 0 Å². The molecular formula is C17H23Cl2N3O2. The summed E-state index contributed by atoms with van der Waals surface area (Å²) < 4.78 is 0. The van der Waals surface area contributed by atoms with Crippen LogP contribution in [0.5, 0.6) is 0 Å². The first-order valence-electron chi connectivity index (χ1n) is 8.28. The van der Waals surface area contributed by atoms with E-state index in [1.807, 2.05) is 4.90 Å². The van der Waals surface area contributed by atoms with Crippen LogP contribution in [-0.4, -0.2) is 42.4 Å². The van der Waals surface area contributed by atoms with Crippen LogP contribution in [0.25, 0.3) is 0 Å². The van der Waals surface area contributed by atoms with E-state index >= 15 is 0 Å². The molecule has 0 spiro atoms. The van der Waals surface area contributed by atoms with Crippen molar-refractivity contribution in [1.29, 1.82) is 0 Å². The van der Waals surface area contributed by atoms with Crippen LogP contribution in [0.4, 0.5) is 5.69 Å². The van der Waals surface area contributed by atoms with Crippen molar-refractivity contribution in [3.8, 4) is 0 Å². The van der Waals surface area contributed by atoms with Crippen molar-refractivity contribution in [3.05, 3.63) is 28.8 Å². The lowest BCUT2D eigenvalue weighted by Crippen LogP contribution is -2.36. The van der Waals surface area contributed by atoms with Gasteiger partial charge in [0.25, 0.3) is 5.91 Å². The number of halogens is 2. The third-order valence-electron chi connectivity index (χ3n) is 4.49. The molecule has 2 N–H and O–H groups in total. The number of rotatable bonds is 3. The quantitative estimate of drug-likeness (QED) is 0.857. The van der Waals surface area contributed by atoms with Gasteiger partial charge in [0.05, 0.1) is 16.6 Å². The van der Waals surface area contributed by atoms with Crippen LogP contribution < -0.4 is 10.6 Å². The number of likely N-dealkylation sites (tertiary alicyclic amines) is 1. The van der Waals surface area contributed by atoms with Crippen LogP contribution in [0.1, 0.15) is 42.5 Å². The van der Waals surface area contributed by atoms with Crippen molar-refractivity contribution < 1.29 is 9.59 Å². The lowest BCUT2D eigenvalue weighted by Gasteiger charge is -2.27. The summed E-state index contributed by atoms with van der Waals surface area (Å²) in [6.45, 7) is 2.46. The van der Waals surface area contributed by atoms with Crippen LogP contribution in [0.2, 0.25) is 5.02 Å². The van der Waals surface area contributed by atoms with E-state index in [9.17, 15) is 9.59 Å². The van der Waals surface area contributed by atoms with E-state index in [1.165, 1.54) is 6.42 Å². The second-order valence-electron chi connectivity index (χ2n) is 6.19. The first kappa shape index (κ1) is 19.0. The molecule has 2 aliphatic rings. The number of amides is 2. The lowest BCUT2D eigenvalue weighted by molar-refractivity contribution is -0.117. The molecule has 1 unspecified atom stereocenters. The van der Waals surface area contributed by atoms with Gasteiger partial charge in [-0.05, 0) is 56.8 Å². The summed E-state index contributed by atoms with van der Waals surface area (Å²) in [5, 5.41) is 6.40. The molecule has 2 aliphatic heterocycles. The molecule has 24 heavy (non-hydrogen) atoms. The van der Waals surface area contributed by atoms with Crippen LogP contribution in [0, 0.1) is 0 Å². The number of carbonyl (C=O) groups excluding carboxylic acids is 2. The lowest BCUT2D eigenvalue weighted by atomic mass is 10.1. The number of carbonyl (C=O) groups is 2. The Balaban J connectivity index is 0.00000208. The predicted octanol–water partition coefficient (Wildman–Crippen LogP) is 3.08. The standard InChI is InChI=1S/C17H22ClN3O2.ClH/c18-14-11-12(20-16(22)15-5-4-8-19-15)6-7-13(14)17(23)21-9-2-1-3-10-21;/h6-7,11,15,19H,1-5,8-10H2,(H,20,22);1H. The molecule has 2 heterocycles. The van der Waals surface area contributed by atoms with E-state index in [1.54, 1.807) is 18.2 Å². The summed E-state index contributed by atoms with van der Waals surface area (Å²) in [4.78, 5) is 26.5. The maximum Gasteiger partial charge on any atom is 0.255 e. The highest BCUT2D eigenvalue weighted by Gasteiger charge is 2.23. The molecule has 132 valence electrons. The Bertz CT molecular complexity index is 597. The minimum atomic E-state index is -0.136. The first-order chi connectivity index (χ1) is 11.1. The van der Waals surface area contributed by atoms with Gasteiger partial charge in [0, 0.05) is 18.8 Å². The first-order valence-corrected chi connectivity index (χ1v) is 8.66. The number of benzene rings is 1. The Morgan fingerprint density at radius 1 is 1.17 bits per heavy atom. The van der Waals surface area contributed by atoms with Gasteiger partial charge < -0.3 is 15.5 Å². The zero-order valence-electron chi connectivity index (χ0n) is 13.5. The fraction of sp³-hybridized carbons (Fsp3) is 0.529. The predicted molar refractivity (Wildman–Crippen MR) is 98.1 cm³/mol. The number of nitrogens with zero attached hydrogens (tertiary/aromatic N) is 1. The highest BCUT2D eigenvalue weighted by atomic mass is 35.5. The molecule has 0 radical (unpaired) electrons. The maximum absolute atomic E-state index is 12.5. The number of hydrogen-bond donors (Lipinski definition) is 2. The Hall–Kier alpha value is -1.30. The van der Waals surface area contributed by atoms with Gasteiger partial charge in [0.2, 0.25) is 5.91 Å². The van der Waals surface area contributed by atoms with E-state index < -0.39 is 0 Å². The van der Waals surface area contributed by atoms with E-state index in [-0.39, 0.29) is 30.3 Å². The second kappa shape index (κ2) is 8.70. The molecule has 2 amide bonds. The Kier molecular flexibility index (Phi) is 6.90. The van der Waals surface area contributed by atoms with Crippen molar-refractivity contribution in [3.63, 3.8) is 0 Å². The van der Waals surface area contributed by atoms with Gasteiger partial charge in [0.15, 0.2) is 0 Å². The van der Waals surface area contributed by atoms with Gasteiger partial charge in [-0.3, -0.25) is 9.59 Å². The van der Waals surface area contributed by atoms with Crippen LogP contribution in [-0.2, 0) is 4.79 Å². The summed E-state index contributed by atoms with van der Waals surface area (Å²) in [6.07, 6.45) is 5.14. The van der Waals surface area contributed by atoms with E-state index in [0.29, 0.717) is 16.3 Å². The normalized spacial score (nSPS) is 20.4. The average Bonchev–Trinajstić information content (AvgIpc) is 3.10. The van der Waals surface area contributed by atoms with Gasteiger partial charge >= 0.3 is 0 Å². The Labute approximate surface area is 153 Å². The topological polar surface area (TPSA) is 61.4 Å². The molecular weight excluding hydrogens is 349 g/mol. The highest BCUT2D eigenvalue weighted by molar-refractivity contribution is 6.34. The largest absolute Gasteiger partial charge is 0.339 e. The van der Waals surface area contributed by atoms with Crippen LogP contribution >= 0.6 is 24.0 Å². The molecule has 0 bridgehead atoms. The fourth-order valence-electron chi connectivity index (χ4n) is 3.17. The number of anilines is 1. The van der Waals surface area contributed by atoms with E-state index in [2.05, 4.69) is 10.6 Å². The third kappa shape index (κ3) is 4.41. The summed E-state index contributed by atoms with van der Waals surface area (Å²) in [7, 11) is 0. The Morgan fingerprint density at radius 2 is 1.92 bits per heavy atom. The minimum absolute atomic E-state index is 0. The molecule has 0 saturated carbocycles. The van der Waals surface area contributed by atoms with Gasteiger partial charge in [-0.15, -0.1) is 12.4 Å². The summed E-state index contributed by atoms with van der Waals surface area (Å²) >= 11 is 6.27. The fourth-order valence-corrected chi connectivity index (χ4v) is 3.43. The summed E-state index contributed by atoms with van der Waals surface area (Å²) in [5.74, 6) is -0.0706. The van der Waals surface area contributed by atoms with Gasteiger partial charge in [-0.1, -0.05) is 11.6 Å². The second-order valence-corrected chi connectivity index (χ2v) is 6.59. The van der Waals surface area contributed by atoms with Gasteiger partial charge in [0.1, 0.15) is 0 Å². The molecule has 1 aromatic rings. The summed E-state index contributed by atoms with van der Waals surface area (Å²) in [6, 6.07) is 4.97. The smallest absolute Gasteiger partial charge is 0.255 e. The molecule has 1 atom stereocenters. The summed E-state index contributed by atoms with van der Waals surface area (Å²) in [5.41, 5.74) is 1.13.